The van der Waals surface area contributed by atoms with Crippen molar-refractivity contribution in [2.75, 3.05) is 31.5 Å². The van der Waals surface area contributed by atoms with Crippen LogP contribution in [0.3, 0.4) is 0 Å². The van der Waals surface area contributed by atoms with E-state index in [4.69, 9.17) is 11.6 Å². The second-order valence-corrected chi connectivity index (χ2v) is 4.68. The molecule has 80 valence electrons. The maximum atomic E-state index is 5.64. The summed E-state index contributed by atoms with van der Waals surface area (Å²) in [5.74, 6) is 2.04. The highest BCUT2D eigenvalue weighted by molar-refractivity contribution is 7.98. The van der Waals surface area contributed by atoms with Crippen LogP contribution < -0.4 is 0 Å². The lowest BCUT2D eigenvalue weighted by molar-refractivity contribution is 0.252. The maximum absolute atomic E-state index is 5.64. The van der Waals surface area contributed by atoms with E-state index in [0.717, 1.165) is 18.3 Å². The van der Waals surface area contributed by atoms with Crippen LogP contribution in [-0.2, 0) is 0 Å². The lowest BCUT2D eigenvalue weighted by Gasteiger charge is -2.26. The van der Waals surface area contributed by atoms with Crippen molar-refractivity contribution in [3.8, 4) is 0 Å². The Morgan fingerprint density at radius 2 is 2.08 bits per heavy atom. The van der Waals surface area contributed by atoms with E-state index in [-0.39, 0.29) is 0 Å². The van der Waals surface area contributed by atoms with Crippen molar-refractivity contribution < 1.29 is 0 Å². The SMILES string of the molecule is CCC(CSC)N(C)CCCCCl. The molecule has 0 saturated heterocycles. The molecule has 0 aromatic heterocycles. The van der Waals surface area contributed by atoms with Crippen LogP contribution in [0.2, 0.25) is 0 Å². The van der Waals surface area contributed by atoms with Gasteiger partial charge >= 0.3 is 0 Å². The molecule has 0 heterocycles. The Bertz CT molecular complexity index is 111. The van der Waals surface area contributed by atoms with E-state index in [1.165, 1.54) is 25.1 Å². The van der Waals surface area contributed by atoms with E-state index in [1.54, 1.807) is 0 Å². The van der Waals surface area contributed by atoms with Gasteiger partial charge in [0.05, 0.1) is 0 Å². The summed E-state index contributed by atoms with van der Waals surface area (Å²) in [5.41, 5.74) is 0. The minimum atomic E-state index is 0.741. The Morgan fingerprint density at radius 1 is 1.38 bits per heavy atom. The topological polar surface area (TPSA) is 3.24 Å². The molecule has 0 aromatic carbocycles. The minimum Gasteiger partial charge on any atom is -0.303 e. The molecule has 0 aliphatic carbocycles. The van der Waals surface area contributed by atoms with E-state index in [1.807, 2.05) is 11.8 Å². The number of unbranched alkanes of at least 4 members (excludes halogenated alkanes) is 1. The van der Waals surface area contributed by atoms with E-state index >= 15 is 0 Å². The monoisotopic (exact) mass is 223 g/mol. The molecule has 0 amide bonds. The molecule has 13 heavy (non-hydrogen) atoms. The van der Waals surface area contributed by atoms with Gasteiger partial charge in [0.1, 0.15) is 0 Å². The Balaban J connectivity index is 3.57. The molecule has 1 unspecified atom stereocenters. The Morgan fingerprint density at radius 3 is 2.54 bits per heavy atom. The molecular weight excluding hydrogens is 202 g/mol. The molecule has 1 atom stereocenters. The van der Waals surface area contributed by atoms with Gasteiger partial charge in [-0.05, 0) is 39.1 Å². The molecule has 0 spiro atoms. The molecule has 0 N–H and O–H groups in total. The van der Waals surface area contributed by atoms with Crippen LogP contribution in [0.4, 0.5) is 0 Å². The van der Waals surface area contributed by atoms with Crippen LogP contribution in [0.1, 0.15) is 26.2 Å². The van der Waals surface area contributed by atoms with Gasteiger partial charge in [-0.3, -0.25) is 0 Å². The van der Waals surface area contributed by atoms with E-state index in [2.05, 4.69) is 25.1 Å². The third-order valence-electron chi connectivity index (χ3n) is 2.35. The Hall–Kier alpha value is 0.600. The molecule has 1 nitrogen and oxygen atoms in total. The first-order valence-corrected chi connectivity index (χ1v) is 6.94. The fourth-order valence-electron chi connectivity index (χ4n) is 1.39. The molecule has 0 aliphatic heterocycles. The second kappa shape index (κ2) is 9.17. The van der Waals surface area contributed by atoms with Crippen LogP contribution in [0, 0.1) is 0 Å². The molecule has 0 aromatic rings. The zero-order valence-electron chi connectivity index (χ0n) is 9.05. The smallest absolute Gasteiger partial charge is 0.0223 e. The summed E-state index contributed by atoms with van der Waals surface area (Å²) >= 11 is 7.57. The molecular formula is C10H22ClNS. The molecule has 0 radical (unpaired) electrons. The van der Waals surface area contributed by atoms with Gasteiger partial charge in [-0.2, -0.15) is 11.8 Å². The second-order valence-electron chi connectivity index (χ2n) is 3.39. The van der Waals surface area contributed by atoms with Gasteiger partial charge in [-0.1, -0.05) is 6.92 Å². The molecule has 0 aliphatic rings. The number of hydrogen-bond donors (Lipinski definition) is 0. The predicted octanol–water partition coefficient (Wildman–Crippen LogP) is 3.08. The Kier molecular flexibility index (Phi) is 9.59. The quantitative estimate of drug-likeness (QED) is 0.460. The lowest BCUT2D eigenvalue weighted by atomic mass is 10.2. The van der Waals surface area contributed by atoms with Gasteiger partial charge in [0.15, 0.2) is 0 Å². The van der Waals surface area contributed by atoms with Crippen molar-refractivity contribution in [1.29, 1.82) is 0 Å². The first kappa shape index (κ1) is 13.6. The standard InChI is InChI=1S/C10H22ClNS/c1-4-10(9-13-3)12(2)8-6-5-7-11/h10H,4-9H2,1-3H3. The van der Waals surface area contributed by atoms with Gasteiger partial charge < -0.3 is 4.90 Å². The summed E-state index contributed by atoms with van der Waals surface area (Å²) in [4.78, 5) is 2.46. The van der Waals surface area contributed by atoms with Crippen molar-refractivity contribution in [2.45, 2.75) is 32.2 Å². The maximum Gasteiger partial charge on any atom is 0.0223 e. The molecule has 0 fully saturated rings. The van der Waals surface area contributed by atoms with Crippen molar-refractivity contribution >= 4 is 23.4 Å². The number of halogens is 1. The minimum absolute atomic E-state index is 0.741. The number of rotatable bonds is 8. The normalized spacial score (nSPS) is 13.6. The molecule has 0 rings (SSSR count). The van der Waals surface area contributed by atoms with Crippen molar-refractivity contribution in [1.82, 2.24) is 4.90 Å². The first-order valence-electron chi connectivity index (χ1n) is 5.01. The summed E-state index contributed by atoms with van der Waals surface area (Å²) in [5, 5.41) is 0. The van der Waals surface area contributed by atoms with Gasteiger partial charge in [0, 0.05) is 17.7 Å². The van der Waals surface area contributed by atoms with Gasteiger partial charge in [0.2, 0.25) is 0 Å². The summed E-state index contributed by atoms with van der Waals surface area (Å²) in [6.07, 6.45) is 5.79. The van der Waals surface area contributed by atoms with Crippen molar-refractivity contribution in [3.63, 3.8) is 0 Å². The predicted molar refractivity (Wildman–Crippen MR) is 65.0 cm³/mol. The summed E-state index contributed by atoms with van der Waals surface area (Å²) in [6.45, 7) is 3.45. The average Bonchev–Trinajstić information content (AvgIpc) is 2.14. The number of hydrogen-bond acceptors (Lipinski definition) is 2. The van der Waals surface area contributed by atoms with E-state index in [0.29, 0.717) is 0 Å². The van der Waals surface area contributed by atoms with Crippen molar-refractivity contribution in [3.05, 3.63) is 0 Å². The van der Waals surface area contributed by atoms with Crippen LogP contribution in [0.5, 0.6) is 0 Å². The fraction of sp³-hybridized carbons (Fsp3) is 1.00. The zero-order valence-corrected chi connectivity index (χ0v) is 10.6. The lowest BCUT2D eigenvalue weighted by Crippen LogP contribution is -2.33. The number of thioether (sulfide) groups is 1. The molecule has 3 heteroatoms. The number of nitrogens with zero attached hydrogens (tertiary/aromatic N) is 1. The Labute approximate surface area is 92.2 Å². The van der Waals surface area contributed by atoms with E-state index in [9.17, 15) is 0 Å². The molecule has 0 saturated carbocycles. The third-order valence-corrected chi connectivity index (χ3v) is 3.33. The number of alkyl halides is 1. The summed E-state index contributed by atoms with van der Waals surface area (Å²) in [7, 11) is 2.22. The van der Waals surface area contributed by atoms with Gasteiger partial charge in [-0.15, -0.1) is 11.6 Å². The van der Waals surface area contributed by atoms with Gasteiger partial charge in [0.25, 0.3) is 0 Å². The van der Waals surface area contributed by atoms with Crippen LogP contribution in [0.25, 0.3) is 0 Å². The first-order chi connectivity index (χ1) is 6.26. The largest absolute Gasteiger partial charge is 0.303 e. The van der Waals surface area contributed by atoms with Crippen LogP contribution in [-0.4, -0.2) is 42.4 Å². The van der Waals surface area contributed by atoms with Gasteiger partial charge in [-0.25, -0.2) is 0 Å². The van der Waals surface area contributed by atoms with E-state index < -0.39 is 0 Å². The highest BCUT2D eigenvalue weighted by Crippen LogP contribution is 2.09. The van der Waals surface area contributed by atoms with Crippen LogP contribution in [0.15, 0.2) is 0 Å². The summed E-state index contributed by atoms with van der Waals surface area (Å²) in [6, 6.07) is 0.741. The third kappa shape index (κ3) is 6.64. The zero-order chi connectivity index (χ0) is 10.1. The average molecular weight is 224 g/mol. The molecule has 0 bridgehead atoms. The highest BCUT2D eigenvalue weighted by Gasteiger charge is 2.10. The van der Waals surface area contributed by atoms with Crippen LogP contribution >= 0.6 is 23.4 Å². The summed E-state index contributed by atoms with van der Waals surface area (Å²) < 4.78 is 0. The fourth-order valence-corrected chi connectivity index (χ4v) is 2.45. The highest BCUT2D eigenvalue weighted by atomic mass is 35.5. The van der Waals surface area contributed by atoms with Crippen molar-refractivity contribution in [2.24, 2.45) is 0 Å².